The number of carbonyl (C=O) groups excluding carboxylic acids is 1. The molecule has 0 radical (unpaired) electrons. The molecule has 0 unspecified atom stereocenters. The lowest BCUT2D eigenvalue weighted by molar-refractivity contribution is -0.131. The minimum Gasteiger partial charge on any atom is -0.478 e. The molecule has 0 saturated carbocycles. The smallest absolute Gasteiger partial charge is 0.328 e. The molecule has 1 aliphatic heterocycles. The zero-order valence-electron chi connectivity index (χ0n) is 8.85. The minimum absolute atomic E-state index is 0.107. The van der Waals surface area contributed by atoms with Gasteiger partial charge in [0.2, 0.25) is 5.91 Å². The predicted molar refractivity (Wildman–Crippen MR) is 55.5 cm³/mol. The predicted octanol–water partition coefficient (Wildman–Crippen LogP) is -0.209. The number of carbonyl (C=O) groups is 2. The van der Waals surface area contributed by atoms with Crippen molar-refractivity contribution in [1.82, 2.24) is 9.80 Å². The highest BCUT2D eigenvalue weighted by Crippen LogP contribution is 2.01. The van der Waals surface area contributed by atoms with Gasteiger partial charge in [-0.1, -0.05) is 6.08 Å². The van der Waals surface area contributed by atoms with Gasteiger partial charge in [0.1, 0.15) is 0 Å². The van der Waals surface area contributed by atoms with E-state index < -0.39 is 5.97 Å². The average Bonchev–Trinajstić information content (AvgIpc) is 2.18. The summed E-state index contributed by atoms with van der Waals surface area (Å²) in [6.07, 6.45) is 2.78. The normalized spacial score (nSPS) is 18.3. The summed E-state index contributed by atoms with van der Waals surface area (Å²) in [4.78, 5) is 25.2. The van der Waals surface area contributed by atoms with Gasteiger partial charge in [-0.2, -0.15) is 0 Å². The third-order valence-corrected chi connectivity index (χ3v) is 2.44. The summed E-state index contributed by atoms with van der Waals surface area (Å²) in [5.74, 6) is -0.812. The third-order valence-electron chi connectivity index (χ3n) is 2.44. The maximum Gasteiger partial charge on any atom is 0.328 e. The van der Waals surface area contributed by atoms with Gasteiger partial charge in [-0.25, -0.2) is 4.79 Å². The van der Waals surface area contributed by atoms with E-state index in [0.717, 1.165) is 32.3 Å². The number of carboxylic acid groups (broad SMARTS) is 1. The summed E-state index contributed by atoms with van der Waals surface area (Å²) in [6, 6.07) is 0. The zero-order valence-corrected chi connectivity index (χ0v) is 8.85. The van der Waals surface area contributed by atoms with Crippen LogP contribution < -0.4 is 0 Å². The number of amides is 1. The summed E-state index contributed by atoms with van der Waals surface area (Å²) in [5.41, 5.74) is 0. The number of hydrogen-bond donors (Lipinski definition) is 1. The number of carboxylic acids is 1. The summed E-state index contributed by atoms with van der Waals surface area (Å²) < 4.78 is 0. The van der Waals surface area contributed by atoms with E-state index in [4.69, 9.17) is 5.11 Å². The Morgan fingerprint density at radius 1 is 1.27 bits per heavy atom. The molecule has 5 nitrogen and oxygen atoms in total. The van der Waals surface area contributed by atoms with Gasteiger partial charge in [-0.3, -0.25) is 9.69 Å². The van der Waals surface area contributed by atoms with Crippen molar-refractivity contribution in [3.8, 4) is 0 Å². The van der Waals surface area contributed by atoms with E-state index in [-0.39, 0.29) is 5.91 Å². The molecule has 1 amide bonds. The molecule has 0 aromatic heterocycles. The van der Waals surface area contributed by atoms with Crippen LogP contribution in [0.2, 0.25) is 0 Å². The summed E-state index contributed by atoms with van der Waals surface area (Å²) >= 11 is 0. The Morgan fingerprint density at radius 3 is 2.33 bits per heavy atom. The van der Waals surface area contributed by atoms with E-state index in [0.29, 0.717) is 6.54 Å². The van der Waals surface area contributed by atoms with E-state index in [1.807, 2.05) is 0 Å². The molecule has 0 aromatic carbocycles. The molecule has 1 rings (SSSR count). The van der Waals surface area contributed by atoms with E-state index >= 15 is 0 Å². The molecule has 1 heterocycles. The van der Waals surface area contributed by atoms with Crippen molar-refractivity contribution in [2.75, 3.05) is 32.7 Å². The van der Waals surface area contributed by atoms with Gasteiger partial charge < -0.3 is 10.0 Å². The van der Waals surface area contributed by atoms with E-state index in [1.165, 1.54) is 0 Å². The topological polar surface area (TPSA) is 60.9 Å². The maximum atomic E-state index is 11.0. The van der Waals surface area contributed by atoms with Crippen molar-refractivity contribution in [1.29, 1.82) is 0 Å². The minimum atomic E-state index is -0.919. The Bertz CT molecular complexity index is 268. The van der Waals surface area contributed by atoms with E-state index in [1.54, 1.807) is 17.9 Å². The van der Waals surface area contributed by atoms with Gasteiger partial charge in [-0.15, -0.1) is 0 Å². The fourth-order valence-corrected chi connectivity index (χ4v) is 1.55. The number of aliphatic carboxylic acids is 1. The van der Waals surface area contributed by atoms with Crippen LogP contribution in [0.25, 0.3) is 0 Å². The van der Waals surface area contributed by atoms with Crippen molar-refractivity contribution in [2.24, 2.45) is 0 Å². The molecule has 0 aromatic rings. The maximum absolute atomic E-state index is 11.0. The molecule has 1 saturated heterocycles. The van der Waals surface area contributed by atoms with Gasteiger partial charge in [0.05, 0.1) is 0 Å². The van der Waals surface area contributed by atoms with Crippen molar-refractivity contribution >= 4 is 11.9 Å². The van der Waals surface area contributed by atoms with Crippen LogP contribution in [0.4, 0.5) is 0 Å². The van der Waals surface area contributed by atoms with Crippen LogP contribution in [-0.4, -0.2) is 59.5 Å². The molecule has 1 fully saturated rings. The SMILES string of the molecule is CC(=O)N1CCN(CC=CC(=O)O)CC1. The van der Waals surface area contributed by atoms with Crippen LogP contribution in [0.3, 0.4) is 0 Å². The quantitative estimate of drug-likeness (QED) is 0.658. The van der Waals surface area contributed by atoms with Gasteiger partial charge >= 0.3 is 5.97 Å². The largest absolute Gasteiger partial charge is 0.478 e. The second kappa shape index (κ2) is 5.50. The molecule has 0 atom stereocenters. The number of nitrogens with zero attached hydrogens (tertiary/aromatic N) is 2. The standard InChI is InChI=1S/C10H16N2O3/c1-9(13)12-7-5-11(6-8-12)4-2-3-10(14)15/h2-3H,4-8H2,1H3,(H,14,15). The summed E-state index contributed by atoms with van der Waals surface area (Å²) in [7, 11) is 0. The summed E-state index contributed by atoms with van der Waals surface area (Å²) in [5, 5.41) is 8.40. The molecule has 15 heavy (non-hydrogen) atoms. The highest BCUT2D eigenvalue weighted by molar-refractivity contribution is 5.79. The lowest BCUT2D eigenvalue weighted by atomic mass is 10.3. The van der Waals surface area contributed by atoms with Gasteiger partial charge in [-0.05, 0) is 0 Å². The lowest BCUT2D eigenvalue weighted by Gasteiger charge is -2.33. The molecule has 1 aliphatic rings. The molecule has 0 aliphatic carbocycles. The first-order chi connectivity index (χ1) is 7.09. The van der Waals surface area contributed by atoms with E-state index in [2.05, 4.69) is 4.90 Å². The van der Waals surface area contributed by atoms with Crippen LogP contribution in [0.1, 0.15) is 6.92 Å². The number of piperazine rings is 1. The average molecular weight is 212 g/mol. The zero-order chi connectivity index (χ0) is 11.3. The first kappa shape index (κ1) is 11.7. The Balaban J connectivity index is 2.26. The van der Waals surface area contributed by atoms with E-state index in [9.17, 15) is 9.59 Å². The summed E-state index contributed by atoms with van der Waals surface area (Å²) in [6.45, 7) is 5.29. The molecular weight excluding hydrogens is 196 g/mol. The molecule has 1 N–H and O–H groups in total. The van der Waals surface area contributed by atoms with Crippen LogP contribution in [0.15, 0.2) is 12.2 Å². The fourth-order valence-electron chi connectivity index (χ4n) is 1.55. The van der Waals surface area contributed by atoms with Gasteiger partial charge in [0.25, 0.3) is 0 Å². The molecule has 0 spiro atoms. The van der Waals surface area contributed by atoms with Crippen molar-refractivity contribution in [3.63, 3.8) is 0 Å². The van der Waals surface area contributed by atoms with Crippen LogP contribution in [0, 0.1) is 0 Å². The second-order valence-electron chi connectivity index (χ2n) is 3.55. The number of hydrogen-bond acceptors (Lipinski definition) is 3. The van der Waals surface area contributed by atoms with Gasteiger partial charge in [0.15, 0.2) is 0 Å². The van der Waals surface area contributed by atoms with Gasteiger partial charge in [0, 0.05) is 45.7 Å². The second-order valence-corrected chi connectivity index (χ2v) is 3.55. The Morgan fingerprint density at radius 2 is 1.87 bits per heavy atom. The molecule has 5 heteroatoms. The lowest BCUT2D eigenvalue weighted by Crippen LogP contribution is -2.47. The highest BCUT2D eigenvalue weighted by atomic mass is 16.4. The Hall–Kier alpha value is -1.36. The first-order valence-electron chi connectivity index (χ1n) is 4.97. The monoisotopic (exact) mass is 212 g/mol. The van der Waals surface area contributed by atoms with Crippen LogP contribution >= 0.6 is 0 Å². The Labute approximate surface area is 89.0 Å². The van der Waals surface area contributed by atoms with Crippen molar-refractivity contribution < 1.29 is 14.7 Å². The number of rotatable bonds is 3. The van der Waals surface area contributed by atoms with Crippen molar-refractivity contribution in [2.45, 2.75) is 6.92 Å². The molecule has 84 valence electrons. The molecular formula is C10H16N2O3. The fraction of sp³-hybridized carbons (Fsp3) is 0.600. The highest BCUT2D eigenvalue weighted by Gasteiger charge is 2.17. The Kier molecular flexibility index (Phi) is 4.30. The van der Waals surface area contributed by atoms with Crippen LogP contribution in [0.5, 0.6) is 0 Å². The molecule has 0 bridgehead atoms. The van der Waals surface area contributed by atoms with Crippen LogP contribution in [-0.2, 0) is 9.59 Å². The van der Waals surface area contributed by atoms with Crippen molar-refractivity contribution in [3.05, 3.63) is 12.2 Å². The first-order valence-corrected chi connectivity index (χ1v) is 4.97. The third kappa shape index (κ3) is 4.12.